The summed E-state index contributed by atoms with van der Waals surface area (Å²) in [6.45, 7) is 9.02. The van der Waals surface area contributed by atoms with Crippen LogP contribution in [0, 0.1) is 5.92 Å². The Labute approximate surface area is 78.1 Å². The topological polar surface area (TPSA) is 0 Å². The third kappa shape index (κ3) is 6.45. The van der Waals surface area contributed by atoms with Gasteiger partial charge >= 0.3 is 0 Å². The van der Waals surface area contributed by atoms with Crippen LogP contribution in [0.15, 0.2) is 11.6 Å². The van der Waals surface area contributed by atoms with Crippen LogP contribution in [0.3, 0.4) is 0 Å². The molecule has 0 atom stereocenters. The fourth-order valence-electron chi connectivity index (χ4n) is 1.14. The van der Waals surface area contributed by atoms with Crippen LogP contribution in [-0.4, -0.2) is 0 Å². The second kappa shape index (κ2) is 7.39. The lowest BCUT2D eigenvalue weighted by Gasteiger charge is -2.04. The van der Waals surface area contributed by atoms with Crippen molar-refractivity contribution in [3.63, 3.8) is 0 Å². The molecule has 0 N–H and O–H groups in total. The Bertz CT molecular complexity index is 120. The maximum Gasteiger partial charge on any atom is -0.0263 e. The van der Waals surface area contributed by atoms with Gasteiger partial charge in [-0.3, -0.25) is 0 Å². The smallest absolute Gasteiger partial charge is 0.0263 e. The molecule has 0 aliphatic rings. The minimum atomic E-state index is 0.733. The maximum atomic E-state index is 2.40. The van der Waals surface area contributed by atoms with Crippen LogP contribution < -0.4 is 0 Å². The zero-order valence-corrected chi connectivity index (χ0v) is 9.19. The van der Waals surface area contributed by atoms with Crippen LogP contribution >= 0.6 is 0 Å². The molecule has 0 heteroatoms. The van der Waals surface area contributed by atoms with Crippen molar-refractivity contribution >= 4 is 0 Å². The molecule has 0 saturated carbocycles. The molecule has 12 heavy (non-hydrogen) atoms. The molecular weight excluding hydrogens is 144 g/mol. The average Bonchev–Trinajstić information content (AvgIpc) is 2.03. The second-order valence-electron chi connectivity index (χ2n) is 3.95. The number of rotatable bonds is 6. The van der Waals surface area contributed by atoms with Crippen LogP contribution in [0.4, 0.5) is 0 Å². The fraction of sp³-hybridized carbons (Fsp3) is 0.833. The number of allylic oxidation sites excluding steroid dienone is 2. The minimum absolute atomic E-state index is 0.733. The van der Waals surface area contributed by atoms with Gasteiger partial charge in [0.05, 0.1) is 0 Å². The lowest BCUT2D eigenvalue weighted by atomic mass is 10.0. The summed E-state index contributed by atoms with van der Waals surface area (Å²) < 4.78 is 0. The van der Waals surface area contributed by atoms with E-state index in [1.807, 2.05) is 0 Å². The van der Waals surface area contributed by atoms with Crippen molar-refractivity contribution in [2.75, 3.05) is 0 Å². The van der Waals surface area contributed by atoms with Gasteiger partial charge in [-0.25, -0.2) is 0 Å². The van der Waals surface area contributed by atoms with Crippen molar-refractivity contribution in [1.82, 2.24) is 0 Å². The van der Waals surface area contributed by atoms with Crippen LogP contribution in [0.25, 0.3) is 0 Å². The van der Waals surface area contributed by atoms with E-state index < -0.39 is 0 Å². The van der Waals surface area contributed by atoms with Gasteiger partial charge in [0.15, 0.2) is 0 Å². The molecule has 0 heterocycles. The molecule has 0 spiro atoms. The third-order valence-electron chi connectivity index (χ3n) is 2.43. The number of unbranched alkanes of at least 4 members (excludes halogenated alkanes) is 4. The third-order valence-corrected chi connectivity index (χ3v) is 2.43. The molecule has 0 nitrogen and oxygen atoms in total. The molecule has 0 unspecified atom stereocenters. The first-order valence-electron chi connectivity index (χ1n) is 5.35. The van der Waals surface area contributed by atoms with E-state index in [4.69, 9.17) is 0 Å². The molecular formula is C12H24. The highest BCUT2D eigenvalue weighted by molar-refractivity contribution is 5.00. The summed E-state index contributed by atoms with van der Waals surface area (Å²) in [7, 11) is 0. The van der Waals surface area contributed by atoms with Gasteiger partial charge in [-0.2, -0.15) is 0 Å². The molecule has 0 bridgehead atoms. The van der Waals surface area contributed by atoms with Crippen LogP contribution in [0.5, 0.6) is 0 Å². The van der Waals surface area contributed by atoms with Gasteiger partial charge < -0.3 is 0 Å². The molecule has 0 aromatic carbocycles. The maximum absolute atomic E-state index is 2.40. The van der Waals surface area contributed by atoms with E-state index in [0.717, 1.165) is 5.92 Å². The van der Waals surface area contributed by atoms with Crippen LogP contribution in [-0.2, 0) is 0 Å². The zero-order valence-electron chi connectivity index (χ0n) is 9.19. The number of hydrogen-bond acceptors (Lipinski definition) is 0. The van der Waals surface area contributed by atoms with Gasteiger partial charge in [-0.1, -0.05) is 51.7 Å². The van der Waals surface area contributed by atoms with Crippen molar-refractivity contribution in [2.24, 2.45) is 5.92 Å². The van der Waals surface area contributed by atoms with E-state index in [1.165, 1.54) is 32.1 Å². The van der Waals surface area contributed by atoms with Gasteiger partial charge in [0.25, 0.3) is 0 Å². The summed E-state index contributed by atoms with van der Waals surface area (Å²) in [6.07, 6.45) is 9.20. The van der Waals surface area contributed by atoms with Gasteiger partial charge in [-0.15, -0.1) is 0 Å². The Morgan fingerprint density at radius 1 is 1.17 bits per heavy atom. The summed E-state index contributed by atoms with van der Waals surface area (Å²) in [6, 6.07) is 0. The monoisotopic (exact) mass is 168 g/mol. The molecule has 0 radical (unpaired) electrons. The summed E-state index contributed by atoms with van der Waals surface area (Å²) >= 11 is 0. The second-order valence-corrected chi connectivity index (χ2v) is 3.95. The summed E-state index contributed by atoms with van der Waals surface area (Å²) in [5.41, 5.74) is 1.55. The van der Waals surface area contributed by atoms with E-state index in [1.54, 1.807) is 5.57 Å². The zero-order chi connectivity index (χ0) is 9.40. The largest absolute Gasteiger partial charge is 0.0854 e. The molecule has 0 fully saturated rings. The quantitative estimate of drug-likeness (QED) is 0.403. The van der Waals surface area contributed by atoms with Crippen LogP contribution in [0.2, 0.25) is 0 Å². The molecule has 0 aromatic heterocycles. The highest BCUT2D eigenvalue weighted by Gasteiger charge is 1.94. The number of hydrogen-bond donors (Lipinski definition) is 0. The van der Waals surface area contributed by atoms with E-state index in [-0.39, 0.29) is 0 Å². The van der Waals surface area contributed by atoms with E-state index in [9.17, 15) is 0 Å². The molecule has 0 aliphatic heterocycles. The van der Waals surface area contributed by atoms with E-state index >= 15 is 0 Å². The van der Waals surface area contributed by atoms with Crippen molar-refractivity contribution in [2.45, 2.75) is 59.8 Å². The first-order valence-corrected chi connectivity index (χ1v) is 5.35. The molecule has 72 valence electrons. The lowest BCUT2D eigenvalue weighted by Crippen LogP contribution is -1.88. The molecule has 0 saturated heterocycles. The summed E-state index contributed by atoms with van der Waals surface area (Å²) in [5.74, 6) is 0.733. The predicted molar refractivity (Wildman–Crippen MR) is 57.4 cm³/mol. The predicted octanol–water partition coefficient (Wildman–Crippen LogP) is 4.56. The standard InChI is InChI=1S/C12H24/c1-5-6-7-8-9-10-12(4)11(2)3/h10-11H,5-9H2,1-4H3/b12-10-. The van der Waals surface area contributed by atoms with Crippen LogP contribution in [0.1, 0.15) is 59.8 Å². The fourth-order valence-corrected chi connectivity index (χ4v) is 1.14. The Kier molecular flexibility index (Phi) is 7.23. The highest BCUT2D eigenvalue weighted by Crippen LogP contribution is 2.11. The average molecular weight is 168 g/mol. The first-order chi connectivity index (χ1) is 5.68. The minimum Gasteiger partial charge on any atom is -0.0854 e. The van der Waals surface area contributed by atoms with Gasteiger partial charge in [0, 0.05) is 0 Å². The van der Waals surface area contributed by atoms with Gasteiger partial charge in [-0.05, 0) is 25.7 Å². The normalized spacial score (nSPS) is 12.6. The van der Waals surface area contributed by atoms with E-state index in [2.05, 4.69) is 33.8 Å². The van der Waals surface area contributed by atoms with Crippen molar-refractivity contribution in [3.8, 4) is 0 Å². The van der Waals surface area contributed by atoms with Gasteiger partial charge in [0.1, 0.15) is 0 Å². The Hall–Kier alpha value is -0.260. The molecule has 0 rings (SSSR count). The van der Waals surface area contributed by atoms with Crippen molar-refractivity contribution in [1.29, 1.82) is 0 Å². The Morgan fingerprint density at radius 2 is 1.83 bits per heavy atom. The SMILES string of the molecule is CCCCCC/C=C(/C)C(C)C. The van der Waals surface area contributed by atoms with E-state index in [0.29, 0.717) is 0 Å². The first kappa shape index (κ1) is 11.7. The molecule has 0 amide bonds. The highest BCUT2D eigenvalue weighted by atomic mass is 14.0. The summed E-state index contributed by atoms with van der Waals surface area (Å²) in [4.78, 5) is 0. The lowest BCUT2D eigenvalue weighted by molar-refractivity contribution is 0.667. The Balaban J connectivity index is 3.34. The van der Waals surface area contributed by atoms with Gasteiger partial charge in [0.2, 0.25) is 0 Å². The molecule has 0 aromatic rings. The van der Waals surface area contributed by atoms with Crippen molar-refractivity contribution < 1.29 is 0 Å². The summed E-state index contributed by atoms with van der Waals surface area (Å²) in [5, 5.41) is 0. The molecule has 0 aliphatic carbocycles. The van der Waals surface area contributed by atoms with Crippen molar-refractivity contribution in [3.05, 3.63) is 11.6 Å². The Morgan fingerprint density at radius 3 is 2.33 bits per heavy atom.